The van der Waals surface area contributed by atoms with Crippen LogP contribution in [0.2, 0.25) is 0 Å². The molecule has 1 aliphatic rings. The van der Waals surface area contributed by atoms with Crippen LogP contribution in [-0.4, -0.2) is 25.2 Å². The summed E-state index contributed by atoms with van der Waals surface area (Å²) in [6, 6.07) is 0. The van der Waals surface area contributed by atoms with Crippen molar-refractivity contribution in [2.45, 2.75) is 58.5 Å². The first-order chi connectivity index (χ1) is 7.60. The van der Waals surface area contributed by atoms with E-state index >= 15 is 0 Å². The molecule has 0 radical (unpaired) electrons. The second-order valence-electron chi connectivity index (χ2n) is 3.87. The quantitative estimate of drug-likeness (QED) is 0.550. The zero-order valence-electron chi connectivity index (χ0n) is 10.5. The highest BCUT2D eigenvalue weighted by atomic mass is 16.5. The minimum absolute atomic E-state index is 0.0486. The lowest BCUT2D eigenvalue weighted by atomic mass is 10.2. The Bertz CT molecular complexity index is 213. The SMILES string of the molecule is CC1CCC(=O)O1.CCCCCC(=O)OC. The fourth-order valence-electron chi connectivity index (χ4n) is 1.28. The molecule has 4 heteroatoms. The number of rotatable bonds is 4. The Morgan fingerprint density at radius 3 is 2.50 bits per heavy atom. The molecule has 0 aromatic heterocycles. The lowest BCUT2D eigenvalue weighted by Gasteiger charge is -1.95. The van der Waals surface area contributed by atoms with Crippen LogP contribution in [0.25, 0.3) is 0 Å². The van der Waals surface area contributed by atoms with Crippen LogP contribution in [0.4, 0.5) is 0 Å². The van der Waals surface area contributed by atoms with Gasteiger partial charge in [0.05, 0.1) is 13.2 Å². The van der Waals surface area contributed by atoms with Crippen LogP contribution < -0.4 is 0 Å². The fraction of sp³-hybridized carbons (Fsp3) is 0.833. The van der Waals surface area contributed by atoms with Crippen molar-refractivity contribution in [3.8, 4) is 0 Å². The van der Waals surface area contributed by atoms with Gasteiger partial charge in [0, 0.05) is 12.8 Å². The third kappa shape index (κ3) is 8.26. The molecule has 0 aliphatic carbocycles. The standard InChI is InChI=1S/C7H14O2.C5H8O2/c1-3-4-5-6-7(8)9-2;1-4-2-3-5(6)7-4/h3-6H2,1-2H3;4H,2-3H2,1H3. The first-order valence-corrected chi connectivity index (χ1v) is 5.86. The minimum atomic E-state index is -0.0940. The van der Waals surface area contributed by atoms with Crippen molar-refractivity contribution >= 4 is 11.9 Å². The van der Waals surface area contributed by atoms with E-state index in [-0.39, 0.29) is 18.0 Å². The number of methoxy groups -OCH3 is 1. The topological polar surface area (TPSA) is 52.6 Å². The van der Waals surface area contributed by atoms with Crippen molar-refractivity contribution in [2.24, 2.45) is 0 Å². The van der Waals surface area contributed by atoms with E-state index in [0.29, 0.717) is 12.8 Å². The molecule has 0 aromatic rings. The van der Waals surface area contributed by atoms with Gasteiger partial charge in [-0.05, 0) is 19.8 Å². The maximum Gasteiger partial charge on any atom is 0.306 e. The number of ether oxygens (including phenoxy) is 2. The number of carbonyl (C=O) groups excluding carboxylic acids is 2. The summed E-state index contributed by atoms with van der Waals surface area (Å²) in [5.74, 6) is -0.143. The van der Waals surface area contributed by atoms with Crippen molar-refractivity contribution in [3.05, 3.63) is 0 Å². The zero-order chi connectivity index (χ0) is 12.4. The minimum Gasteiger partial charge on any atom is -0.469 e. The predicted molar refractivity (Wildman–Crippen MR) is 60.9 cm³/mol. The number of hydrogen-bond donors (Lipinski definition) is 0. The largest absolute Gasteiger partial charge is 0.469 e. The highest BCUT2D eigenvalue weighted by Crippen LogP contribution is 2.11. The van der Waals surface area contributed by atoms with Gasteiger partial charge in [0.25, 0.3) is 0 Å². The third-order valence-corrected chi connectivity index (χ3v) is 2.30. The summed E-state index contributed by atoms with van der Waals surface area (Å²) in [7, 11) is 1.42. The number of hydrogen-bond acceptors (Lipinski definition) is 4. The third-order valence-electron chi connectivity index (χ3n) is 2.30. The van der Waals surface area contributed by atoms with E-state index in [9.17, 15) is 9.59 Å². The number of carbonyl (C=O) groups is 2. The van der Waals surface area contributed by atoms with Crippen LogP contribution in [0.3, 0.4) is 0 Å². The molecule has 94 valence electrons. The molecule has 16 heavy (non-hydrogen) atoms. The molecule has 0 spiro atoms. The van der Waals surface area contributed by atoms with Crippen LogP contribution in [0.1, 0.15) is 52.4 Å². The smallest absolute Gasteiger partial charge is 0.306 e. The number of esters is 2. The van der Waals surface area contributed by atoms with Gasteiger partial charge < -0.3 is 9.47 Å². The summed E-state index contributed by atoms with van der Waals surface area (Å²) in [6.45, 7) is 4.02. The van der Waals surface area contributed by atoms with E-state index in [1.807, 2.05) is 6.92 Å². The van der Waals surface area contributed by atoms with Crippen LogP contribution in [-0.2, 0) is 19.1 Å². The van der Waals surface area contributed by atoms with Gasteiger partial charge in [0.15, 0.2) is 0 Å². The highest BCUT2D eigenvalue weighted by molar-refractivity contribution is 5.71. The molecule has 0 amide bonds. The molecule has 1 rings (SSSR count). The van der Waals surface area contributed by atoms with Gasteiger partial charge in [0.1, 0.15) is 0 Å². The summed E-state index contributed by atoms with van der Waals surface area (Å²) in [4.78, 5) is 20.7. The van der Waals surface area contributed by atoms with Crippen molar-refractivity contribution in [3.63, 3.8) is 0 Å². The molecule has 1 saturated heterocycles. The van der Waals surface area contributed by atoms with Gasteiger partial charge >= 0.3 is 11.9 Å². The van der Waals surface area contributed by atoms with E-state index in [1.54, 1.807) is 0 Å². The van der Waals surface area contributed by atoms with Gasteiger partial charge in [-0.2, -0.15) is 0 Å². The summed E-state index contributed by atoms with van der Waals surface area (Å²) >= 11 is 0. The Morgan fingerprint density at radius 1 is 1.50 bits per heavy atom. The van der Waals surface area contributed by atoms with Crippen LogP contribution in [0.15, 0.2) is 0 Å². The lowest BCUT2D eigenvalue weighted by molar-refractivity contribution is -0.141. The highest BCUT2D eigenvalue weighted by Gasteiger charge is 2.17. The van der Waals surface area contributed by atoms with Crippen molar-refractivity contribution in [1.82, 2.24) is 0 Å². The fourth-order valence-corrected chi connectivity index (χ4v) is 1.28. The Labute approximate surface area is 97.3 Å². The molecule has 4 nitrogen and oxygen atoms in total. The molecule has 1 unspecified atom stereocenters. The molecule has 1 heterocycles. The predicted octanol–water partition coefficient (Wildman–Crippen LogP) is 2.45. The maximum atomic E-state index is 10.5. The normalized spacial score (nSPS) is 18.4. The molecule has 0 N–H and O–H groups in total. The first-order valence-electron chi connectivity index (χ1n) is 5.86. The monoisotopic (exact) mass is 230 g/mol. The molecule has 0 aromatic carbocycles. The Hall–Kier alpha value is -1.06. The van der Waals surface area contributed by atoms with E-state index in [4.69, 9.17) is 4.74 Å². The zero-order valence-corrected chi connectivity index (χ0v) is 10.5. The number of unbranched alkanes of at least 4 members (excludes halogenated alkanes) is 2. The van der Waals surface area contributed by atoms with E-state index in [2.05, 4.69) is 11.7 Å². The van der Waals surface area contributed by atoms with Crippen LogP contribution in [0.5, 0.6) is 0 Å². The van der Waals surface area contributed by atoms with E-state index < -0.39 is 0 Å². The van der Waals surface area contributed by atoms with Crippen molar-refractivity contribution in [2.75, 3.05) is 7.11 Å². The second kappa shape index (κ2) is 9.19. The molecule has 1 fully saturated rings. The molecular weight excluding hydrogens is 208 g/mol. The van der Waals surface area contributed by atoms with Gasteiger partial charge in [-0.1, -0.05) is 19.8 Å². The number of cyclic esters (lactones) is 1. The van der Waals surface area contributed by atoms with E-state index in [0.717, 1.165) is 25.7 Å². The average molecular weight is 230 g/mol. The second-order valence-corrected chi connectivity index (χ2v) is 3.87. The molecular formula is C12H22O4. The molecule has 1 aliphatic heterocycles. The maximum absolute atomic E-state index is 10.5. The Balaban J connectivity index is 0.000000288. The van der Waals surface area contributed by atoms with Gasteiger partial charge in [-0.3, -0.25) is 9.59 Å². The van der Waals surface area contributed by atoms with Crippen LogP contribution >= 0.6 is 0 Å². The average Bonchev–Trinajstić information content (AvgIpc) is 2.63. The van der Waals surface area contributed by atoms with Crippen molar-refractivity contribution < 1.29 is 19.1 Å². The van der Waals surface area contributed by atoms with Gasteiger partial charge in [-0.25, -0.2) is 0 Å². The van der Waals surface area contributed by atoms with E-state index in [1.165, 1.54) is 7.11 Å². The Kier molecular flexibility index (Phi) is 8.58. The summed E-state index contributed by atoms with van der Waals surface area (Å²) in [5.41, 5.74) is 0. The summed E-state index contributed by atoms with van der Waals surface area (Å²) < 4.78 is 9.18. The first kappa shape index (κ1) is 14.9. The Morgan fingerprint density at radius 2 is 2.19 bits per heavy atom. The lowest BCUT2D eigenvalue weighted by Crippen LogP contribution is -1.98. The molecule has 0 saturated carbocycles. The molecule has 1 atom stereocenters. The molecule has 0 bridgehead atoms. The van der Waals surface area contributed by atoms with Gasteiger partial charge in [0.2, 0.25) is 0 Å². The van der Waals surface area contributed by atoms with Crippen molar-refractivity contribution in [1.29, 1.82) is 0 Å². The van der Waals surface area contributed by atoms with Crippen LogP contribution in [0, 0.1) is 0 Å². The summed E-state index contributed by atoms with van der Waals surface area (Å²) in [6.07, 6.45) is 5.49. The van der Waals surface area contributed by atoms with Gasteiger partial charge in [-0.15, -0.1) is 0 Å². The summed E-state index contributed by atoms with van der Waals surface area (Å²) in [5, 5.41) is 0.